The van der Waals surface area contributed by atoms with Crippen LogP contribution in [-0.4, -0.2) is 55.4 Å². The van der Waals surface area contributed by atoms with Crippen LogP contribution < -0.4 is 5.32 Å². The van der Waals surface area contributed by atoms with Crippen LogP contribution in [0.15, 0.2) is 39.1 Å². The normalized spacial score (nSPS) is 22.2. The number of alkyl halides is 1. The number of halogens is 1. The van der Waals surface area contributed by atoms with E-state index in [1.165, 1.54) is 0 Å². The highest BCUT2D eigenvalue weighted by atomic mass is 32.2. The fourth-order valence-corrected chi connectivity index (χ4v) is 5.16. The standard InChI is InChI=1S/C25H27FN4O4S/c1-13-7-19-23(27-13)20(9-15(28-19)10-21(31)16-11-17(16)26)29-18-6-5-14(8-22(18)35(4,32)33)24-30-25(2,3)12-34-24/h5-6,8-9,16-17H,7,10-12H2,1-4H3,(H,28,29)/t16-,17+/m1/s1. The number of carbonyl (C=O) groups excluding carboxylic acids is 1. The molecule has 1 aromatic carbocycles. The Balaban J connectivity index is 1.52. The van der Waals surface area contributed by atoms with Crippen molar-refractivity contribution in [1.82, 2.24) is 4.98 Å². The minimum absolute atomic E-state index is 0.0247. The van der Waals surface area contributed by atoms with Gasteiger partial charge in [0.25, 0.3) is 0 Å². The van der Waals surface area contributed by atoms with Gasteiger partial charge in [0.05, 0.1) is 39.1 Å². The van der Waals surface area contributed by atoms with Gasteiger partial charge < -0.3 is 10.1 Å². The van der Waals surface area contributed by atoms with Crippen molar-refractivity contribution in [2.45, 2.75) is 56.6 Å². The van der Waals surface area contributed by atoms with Crippen molar-refractivity contribution in [3.8, 4) is 0 Å². The fraction of sp³-hybridized carbons (Fsp3) is 0.440. The zero-order valence-electron chi connectivity index (χ0n) is 20.1. The Labute approximate surface area is 203 Å². The minimum Gasteiger partial charge on any atom is -0.475 e. The second-order valence-corrected chi connectivity index (χ2v) is 12.1. The van der Waals surface area contributed by atoms with Crippen molar-refractivity contribution < 1.29 is 22.3 Å². The molecule has 1 fully saturated rings. The molecule has 5 rings (SSSR count). The van der Waals surface area contributed by atoms with E-state index in [0.717, 1.165) is 12.0 Å². The molecular weight excluding hydrogens is 471 g/mol. The number of anilines is 2. The van der Waals surface area contributed by atoms with E-state index in [2.05, 4.69) is 20.3 Å². The zero-order chi connectivity index (χ0) is 25.1. The molecule has 2 atom stereocenters. The van der Waals surface area contributed by atoms with E-state index in [0.29, 0.717) is 52.9 Å². The van der Waals surface area contributed by atoms with Crippen molar-refractivity contribution in [2.24, 2.45) is 15.9 Å². The number of hydrogen-bond acceptors (Lipinski definition) is 8. The lowest BCUT2D eigenvalue weighted by Gasteiger charge is -2.15. The number of nitrogens with zero attached hydrogens (tertiary/aromatic N) is 3. The molecule has 0 radical (unpaired) electrons. The van der Waals surface area contributed by atoms with Crippen molar-refractivity contribution in [2.75, 3.05) is 18.2 Å². The van der Waals surface area contributed by atoms with Crippen LogP contribution in [0.3, 0.4) is 0 Å². The number of fused-ring (bicyclic) bond motifs is 1. The number of rotatable bonds is 7. The van der Waals surface area contributed by atoms with Gasteiger partial charge >= 0.3 is 0 Å². The largest absolute Gasteiger partial charge is 0.475 e. The van der Waals surface area contributed by atoms with Crippen LogP contribution in [0.25, 0.3) is 0 Å². The molecular formula is C25H27FN4O4S. The summed E-state index contributed by atoms with van der Waals surface area (Å²) in [5.74, 6) is -0.314. The smallest absolute Gasteiger partial charge is 0.216 e. The fourth-order valence-electron chi connectivity index (χ4n) is 4.31. The lowest BCUT2D eigenvalue weighted by molar-refractivity contribution is -0.120. The number of hydrogen-bond donors (Lipinski definition) is 1. The summed E-state index contributed by atoms with van der Waals surface area (Å²) in [6.07, 6.45) is 0.913. The maximum absolute atomic E-state index is 13.4. The minimum atomic E-state index is -3.62. The summed E-state index contributed by atoms with van der Waals surface area (Å²) in [5.41, 5.74) is 3.81. The van der Waals surface area contributed by atoms with Crippen molar-refractivity contribution in [3.63, 3.8) is 0 Å². The molecule has 0 saturated heterocycles. The molecule has 184 valence electrons. The molecule has 1 aliphatic carbocycles. The third-order valence-corrected chi connectivity index (χ3v) is 7.33. The van der Waals surface area contributed by atoms with Crippen molar-refractivity contribution >= 4 is 44.3 Å². The first-order valence-electron chi connectivity index (χ1n) is 11.5. The highest BCUT2D eigenvalue weighted by Crippen LogP contribution is 2.39. The SMILES string of the molecule is CC1=Nc2c(Nc3ccc(C4=NC(C)(C)CO4)cc3S(C)(=O)=O)cc(CC(=O)[C@@H]3C[C@@H]3F)nc2C1. The number of ether oxygens (including phenoxy) is 1. The number of sulfone groups is 1. The Hall–Kier alpha value is -3.14. The molecule has 3 aliphatic rings. The number of carbonyl (C=O) groups is 1. The first-order chi connectivity index (χ1) is 16.4. The Morgan fingerprint density at radius 3 is 2.63 bits per heavy atom. The summed E-state index contributed by atoms with van der Waals surface area (Å²) in [4.78, 5) is 26.2. The summed E-state index contributed by atoms with van der Waals surface area (Å²) in [5, 5.41) is 3.21. The Bertz CT molecular complexity index is 1410. The van der Waals surface area contributed by atoms with E-state index >= 15 is 0 Å². The van der Waals surface area contributed by atoms with Gasteiger partial charge in [-0.3, -0.25) is 14.8 Å². The van der Waals surface area contributed by atoms with Gasteiger partial charge in [-0.1, -0.05) is 0 Å². The molecule has 3 heterocycles. The van der Waals surface area contributed by atoms with Gasteiger partial charge in [0.2, 0.25) is 5.90 Å². The average molecular weight is 499 g/mol. The van der Waals surface area contributed by atoms with E-state index in [9.17, 15) is 17.6 Å². The van der Waals surface area contributed by atoms with Crippen LogP contribution in [0.4, 0.5) is 21.5 Å². The van der Waals surface area contributed by atoms with Gasteiger partial charge in [0, 0.05) is 30.4 Å². The lowest BCUT2D eigenvalue weighted by Crippen LogP contribution is -2.17. The Kier molecular flexibility index (Phi) is 5.54. The molecule has 10 heteroatoms. The van der Waals surface area contributed by atoms with Gasteiger partial charge in [0.1, 0.15) is 24.2 Å². The molecule has 1 aromatic heterocycles. The van der Waals surface area contributed by atoms with Gasteiger partial charge in [0.15, 0.2) is 9.84 Å². The summed E-state index contributed by atoms with van der Waals surface area (Å²) in [7, 11) is -3.62. The number of pyridine rings is 1. The predicted octanol–water partition coefficient (Wildman–Crippen LogP) is 3.90. The number of aromatic nitrogens is 1. The van der Waals surface area contributed by atoms with E-state index in [1.54, 1.807) is 24.3 Å². The van der Waals surface area contributed by atoms with E-state index in [-0.39, 0.29) is 29.1 Å². The van der Waals surface area contributed by atoms with E-state index in [4.69, 9.17) is 4.74 Å². The van der Waals surface area contributed by atoms with Gasteiger partial charge in [-0.25, -0.2) is 17.8 Å². The Morgan fingerprint density at radius 2 is 2.00 bits per heavy atom. The zero-order valence-corrected chi connectivity index (χ0v) is 20.9. The number of ketones is 1. The van der Waals surface area contributed by atoms with Gasteiger partial charge in [-0.05, 0) is 51.5 Å². The first kappa shape index (κ1) is 23.6. The maximum Gasteiger partial charge on any atom is 0.216 e. The third-order valence-electron chi connectivity index (χ3n) is 6.19. The molecule has 35 heavy (non-hydrogen) atoms. The number of aliphatic imine (C=N–C) groups is 2. The topological polar surface area (TPSA) is 110 Å². The van der Waals surface area contributed by atoms with Crippen molar-refractivity contribution in [1.29, 1.82) is 0 Å². The molecule has 1 saturated carbocycles. The summed E-state index contributed by atoms with van der Waals surface area (Å²) in [6, 6.07) is 6.67. The first-order valence-corrected chi connectivity index (χ1v) is 13.4. The summed E-state index contributed by atoms with van der Waals surface area (Å²) in [6.45, 7) is 6.19. The van der Waals surface area contributed by atoms with Crippen LogP contribution in [0.1, 0.15) is 44.1 Å². The van der Waals surface area contributed by atoms with Gasteiger partial charge in [-0.15, -0.1) is 0 Å². The maximum atomic E-state index is 13.4. The molecule has 0 amide bonds. The quantitative estimate of drug-likeness (QED) is 0.620. The monoisotopic (exact) mass is 498 g/mol. The van der Waals surface area contributed by atoms with E-state index < -0.39 is 21.9 Å². The van der Waals surface area contributed by atoms with Crippen LogP contribution in [0, 0.1) is 5.92 Å². The lowest BCUT2D eigenvalue weighted by atomic mass is 10.1. The molecule has 2 aliphatic heterocycles. The van der Waals surface area contributed by atoms with Crippen LogP contribution >= 0.6 is 0 Å². The van der Waals surface area contributed by atoms with Crippen molar-refractivity contribution in [3.05, 3.63) is 41.2 Å². The second kappa shape index (κ2) is 8.22. The number of benzene rings is 1. The third kappa shape index (κ3) is 4.84. The Morgan fingerprint density at radius 1 is 1.26 bits per heavy atom. The molecule has 0 bridgehead atoms. The summed E-state index contributed by atoms with van der Waals surface area (Å²) >= 11 is 0. The molecule has 0 spiro atoms. The van der Waals surface area contributed by atoms with Crippen LogP contribution in [0.2, 0.25) is 0 Å². The summed E-state index contributed by atoms with van der Waals surface area (Å²) < 4.78 is 44.5. The average Bonchev–Trinajstić information content (AvgIpc) is 3.20. The second-order valence-electron chi connectivity index (χ2n) is 10.1. The van der Waals surface area contributed by atoms with E-state index in [1.807, 2.05) is 20.8 Å². The molecule has 8 nitrogen and oxygen atoms in total. The molecule has 1 N–H and O–H groups in total. The predicted molar refractivity (Wildman–Crippen MR) is 132 cm³/mol. The number of Topliss-reactive ketones (excluding diaryl/α,β-unsaturated/α-hetero) is 1. The van der Waals surface area contributed by atoms with Crippen LogP contribution in [-0.2, 0) is 32.2 Å². The number of nitrogens with one attached hydrogen (secondary N) is 1. The van der Waals surface area contributed by atoms with Gasteiger partial charge in [-0.2, -0.15) is 0 Å². The molecule has 2 aromatic rings. The van der Waals surface area contributed by atoms with Crippen LogP contribution in [0.5, 0.6) is 0 Å². The highest BCUT2D eigenvalue weighted by Gasteiger charge is 2.43. The highest BCUT2D eigenvalue weighted by molar-refractivity contribution is 7.90. The molecule has 0 unspecified atom stereocenters.